The first-order chi connectivity index (χ1) is 16.1. The third-order valence-electron chi connectivity index (χ3n) is 5.46. The van der Waals surface area contributed by atoms with Gasteiger partial charge in [-0.15, -0.1) is 0 Å². The minimum absolute atomic E-state index is 0.214. The predicted octanol–water partition coefficient (Wildman–Crippen LogP) is 4.31. The summed E-state index contributed by atoms with van der Waals surface area (Å²) in [7, 11) is 0. The number of hydrogen-bond acceptors (Lipinski definition) is 3. The second-order valence-electron chi connectivity index (χ2n) is 7.91. The molecule has 33 heavy (non-hydrogen) atoms. The van der Waals surface area contributed by atoms with Gasteiger partial charge in [-0.2, -0.15) is 5.10 Å². The first-order valence-electron chi connectivity index (χ1n) is 10.9. The van der Waals surface area contributed by atoms with Crippen molar-refractivity contribution in [1.82, 2.24) is 20.8 Å². The molecule has 4 aromatic rings. The van der Waals surface area contributed by atoms with Crippen LogP contribution in [0.15, 0.2) is 79.0 Å². The summed E-state index contributed by atoms with van der Waals surface area (Å²) in [5.74, 6) is -0.529. The van der Waals surface area contributed by atoms with E-state index >= 15 is 0 Å². The maximum absolute atomic E-state index is 13.0. The predicted molar refractivity (Wildman–Crippen MR) is 130 cm³/mol. The van der Waals surface area contributed by atoms with Crippen molar-refractivity contribution in [3.63, 3.8) is 0 Å². The molecule has 0 fully saturated rings. The van der Waals surface area contributed by atoms with Crippen LogP contribution in [-0.2, 0) is 17.6 Å². The highest BCUT2D eigenvalue weighted by Gasteiger charge is 2.22. The molecule has 4 rings (SSSR count). The molecule has 2 amide bonds. The molecule has 6 nitrogen and oxygen atoms in total. The van der Waals surface area contributed by atoms with Gasteiger partial charge in [0.05, 0.1) is 11.7 Å². The number of H-pyrrole nitrogens is 1. The van der Waals surface area contributed by atoms with E-state index in [0.29, 0.717) is 23.6 Å². The highest BCUT2D eigenvalue weighted by molar-refractivity contribution is 6.30. The number of rotatable bonds is 9. The Morgan fingerprint density at radius 2 is 1.76 bits per heavy atom. The van der Waals surface area contributed by atoms with Crippen LogP contribution in [-0.4, -0.2) is 34.6 Å². The zero-order chi connectivity index (χ0) is 23.0. The highest BCUT2D eigenvalue weighted by atomic mass is 35.5. The fourth-order valence-corrected chi connectivity index (χ4v) is 3.78. The van der Waals surface area contributed by atoms with Crippen molar-refractivity contribution in [3.8, 4) is 0 Å². The average molecular weight is 461 g/mol. The molecular formula is C26H25ClN4O2. The Kier molecular flexibility index (Phi) is 7.37. The van der Waals surface area contributed by atoms with Gasteiger partial charge in [-0.1, -0.05) is 60.1 Å². The number of carbonyl (C=O) groups is 2. The van der Waals surface area contributed by atoms with Gasteiger partial charge in [0, 0.05) is 28.9 Å². The van der Waals surface area contributed by atoms with E-state index in [1.54, 1.807) is 30.5 Å². The number of nitrogens with zero attached hydrogens (tertiary/aromatic N) is 1. The summed E-state index contributed by atoms with van der Waals surface area (Å²) >= 11 is 5.99. The van der Waals surface area contributed by atoms with Gasteiger partial charge in [0.25, 0.3) is 5.91 Å². The van der Waals surface area contributed by atoms with Gasteiger partial charge < -0.3 is 10.6 Å². The quantitative estimate of drug-likeness (QED) is 0.325. The van der Waals surface area contributed by atoms with Gasteiger partial charge in [-0.25, -0.2) is 0 Å². The number of nitrogens with one attached hydrogen (secondary N) is 3. The zero-order valence-electron chi connectivity index (χ0n) is 18.1. The Morgan fingerprint density at radius 3 is 2.55 bits per heavy atom. The molecule has 0 spiro atoms. The zero-order valence-corrected chi connectivity index (χ0v) is 18.8. The number of benzene rings is 3. The van der Waals surface area contributed by atoms with E-state index in [1.165, 1.54) is 5.56 Å². The van der Waals surface area contributed by atoms with Gasteiger partial charge in [-0.3, -0.25) is 14.7 Å². The Hall–Kier alpha value is -3.64. The molecule has 0 unspecified atom stereocenters. The van der Waals surface area contributed by atoms with Crippen molar-refractivity contribution < 1.29 is 9.59 Å². The molecular weight excluding hydrogens is 436 g/mol. The van der Waals surface area contributed by atoms with Crippen molar-refractivity contribution in [2.24, 2.45) is 0 Å². The molecule has 7 heteroatoms. The largest absolute Gasteiger partial charge is 0.354 e. The fourth-order valence-electron chi connectivity index (χ4n) is 3.66. The van der Waals surface area contributed by atoms with Crippen LogP contribution in [0.5, 0.6) is 0 Å². The number of halogens is 1. The fraction of sp³-hybridized carbons (Fsp3) is 0.192. The minimum Gasteiger partial charge on any atom is -0.354 e. The second kappa shape index (κ2) is 10.8. The van der Waals surface area contributed by atoms with E-state index in [4.69, 9.17) is 11.6 Å². The molecule has 0 aliphatic carbocycles. The van der Waals surface area contributed by atoms with Crippen LogP contribution in [0.2, 0.25) is 5.02 Å². The maximum atomic E-state index is 13.0. The van der Waals surface area contributed by atoms with Crippen LogP contribution in [0.3, 0.4) is 0 Å². The molecule has 0 saturated heterocycles. The number of hydrogen-bond donors (Lipinski definition) is 3. The number of aromatic amines is 1. The van der Waals surface area contributed by atoms with Crippen molar-refractivity contribution in [2.75, 3.05) is 6.54 Å². The Balaban J connectivity index is 1.41. The molecule has 1 aromatic heterocycles. The summed E-state index contributed by atoms with van der Waals surface area (Å²) in [4.78, 5) is 25.9. The summed E-state index contributed by atoms with van der Waals surface area (Å²) in [5, 5.41) is 14.3. The van der Waals surface area contributed by atoms with Gasteiger partial charge in [0.1, 0.15) is 6.04 Å². The lowest BCUT2D eigenvalue weighted by Gasteiger charge is -2.19. The van der Waals surface area contributed by atoms with E-state index in [1.807, 2.05) is 36.4 Å². The van der Waals surface area contributed by atoms with Crippen molar-refractivity contribution in [3.05, 3.63) is 101 Å². The van der Waals surface area contributed by atoms with Gasteiger partial charge in [0.15, 0.2) is 0 Å². The SMILES string of the molecule is O=C(N[C@@H](Cc1ccc(Cl)cc1)C(=O)NCCCc1ccccc1)c1ccc2cn[nH]c2c1. The average Bonchev–Trinajstić information content (AvgIpc) is 3.31. The number of carbonyl (C=O) groups excluding carboxylic acids is 2. The summed E-state index contributed by atoms with van der Waals surface area (Å²) in [6, 6.07) is 22.0. The molecule has 3 aromatic carbocycles. The lowest BCUT2D eigenvalue weighted by Crippen LogP contribution is -2.48. The second-order valence-corrected chi connectivity index (χ2v) is 8.35. The first kappa shape index (κ1) is 22.6. The van der Waals surface area contributed by atoms with Crippen LogP contribution < -0.4 is 10.6 Å². The monoisotopic (exact) mass is 460 g/mol. The van der Waals surface area contributed by atoms with Crippen molar-refractivity contribution >= 4 is 34.3 Å². The van der Waals surface area contributed by atoms with E-state index in [-0.39, 0.29) is 11.8 Å². The minimum atomic E-state index is -0.715. The molecule has 0 bridgehead atoms. The summed E-state index contributed by atoms with van der Waals surface area (Å²) in [6.45, 7) is 0.529. The third-order valence-corrected chi connectivity index (χ3v) is 5.72. The van der Waals surface area contributed by atoms with E-state index in [9.17, 15) is 9.59 Å². The van der Waals surface area contributed by atoms with E-state index < -0.39 is 6.04 Å². The van der Waals surface area contributed by atoms with Crippen LogP contribution in [0.4, 0.5) is 0 Å². The number of fused-ring (bicyclic) bond motifs is 1. The molecule has 1 heterocycles. The smallest absolute Gasteiger partial charge is 0.252 e. The van der Waals surface area contributed by atoms with E-state index in [2.05, 4.69) is 33.0 Å². The Morgan fingerprint density at radius 1 is 0.970 bits per heavy atom. The van der Waals surface area contributed by atoms with Crippen LogP contribution in [0.1, 0.15) is 27.9 Å². The molecule has 3 N–H and O–H groups in total. The van der Waals surface area contributed by atoms with E-state index in [0.717, 1.165) is 29.3 Å². The maximum Gasteiger partial charge on any atom is 0.252 e. The van der Waals surface area contributed by atoms with Gasteiger partial charge in [0.2, 0.25) is 5.91 Å². The van der Waals surface area contributed by atoms with Gasteiger partial charge >= 0.3 is 0 Å². The molecule has 0 aliphatic rings. The summed E-state index contributed by atoms with van der Waals surface area (Å²) in [5.41, 5.74) is 3.37. The Labute approximate surface area is 197 Å². The molecule has 0 saturated carbocycles. The van der Waals surface area contributed by atoms with Crippen LogP contribution in [0, 0.1) is 0 Å². The molecule has 168 valence electrons. The summed E-state index contributed by atoms with van der Waals surface area (Å²) < 4.78 is 0. The lowest BCUT2D eigenvalue weighted by molar-refractivity contribution is -0.122. The highest BCUT2D eigenvalue weighted by Crippen LogP contribution is 2.14. The number of amides is 2. The molecule has 0 aliphatic heterocycles. The lowest BCUT2D eigenvalue weighted by atomic mass is 10.0. The molecule has 1 atom stereocenters. The third kappa shape index (κ3) is 6.20. The normalized spacial score (nSPS) is 11.8. The standard InChI is InChI=1S/C26H25ClN4O2/c27-22-12-8-19(9-13-22)15-24(26(33)28-14-4-7-18-5-2-1-3-6-18)30-25(32)20-10-11-21-17-29-31-23(21)16-20/h1-3,5-6,8-13,16-17,24H,4,7,14-15H2,(H,28,33)(H,29,31)(H,30,32)/t24-/m0/s1. The topological polar surface area (TPSA) is 86.9 Å². The summed E-state index contributed by atoms with van der Waals surface area (Å²) in [6.07, 6.45) is 3.75. The van der Waals surface area contributed by atoms with Crippen LogP contribution >= 0.6 is 11.6 Å². The number of aryl methyl sites for hydroxylation is 1. The number of aromatic nitrogens is 2. The van der Waals surface area contributed by atoms with Crippen molar-refractivity contribution in [2.45, 2.75) is 25.3 Å². The first-order valence-corrected chi connectivity index (χ1v) is 11.3. The molecule has 0 radical (unpaired) electrons. The van der Waals surface area contributed by atoms with Crippen molar-refractivity contribution in [1.29, 1.82) is 0 Å². The van der Waals surface area contributed by atoms with Crippen LogP contribution in [0.25, 0.3) is 10.9 Å². The van der Waals surface area contributed by atoms with Gasteiger partial charge in [-0.05, 0) is 48.2 Å². The Bertz CT molecular complexity index is 1220.